The fraction of sp³-hybridized carbons (Fsp3) is 0.500. The maximum atomic E-state index is 11.9. The Hall–Kier alpha value is -1.23. The van der Waals surface area contributed by atoms with E-state index in [0.29, 0.717) is 5.82 Å². The smallest absolute Gasteiger partial charge is 0.233 e. The second kappa shape index (κ2) is 5.40. The van der Waals surface area contributed by atoms with Crippen LogP contribution in [0.4, 0.5) is 5.82 Å². The number of amides is 1. The highest BCUT2D eigenvalue weighted by Crippen LogP contribution is 2.23. The lowest BCUT2D eigenvalue weighted by Gasteiger charge is -2.23. The van der Waals surface area contributed by atoms with Crippen molar-refractivity contribution in [3.8, 4) is 0 Å². The number of nitrogens with one attached hydrogen (secondary N) is 1. The zero-order valence-electron chi connectivity index (χ0n) is 10.7. The summed E-state index contributed by atoms with van der Waals surface area (Å²) >= 11 is 1.47. The van der Waals surface area contributed by atoms with Gasteiger partial charge in [-0.3, -0.25) is 4.79 Å². The van der Waals surface area contributed by atoms with Crippen LogP contribution < -0.4 is 11.1 Å². The SMILES string of the molecule is CC(Sc1ccc(N)nc1)C(=O)NC(C)(C)C. The number of hydrogen-bond donors (Lipinski definition) is 2. The van der Waals surface area contributed by atoms with Crippen molar-refractivity contribution in [2.24, 2.45) is 0 Å². The molecule has 0 aromatic carbocycles. The van der Waals surface area contributed by atoms with E-state index in [2.05, 4.69) is 10.3 Å². The molecule has 17 heavy (non-hydrogen) atoms. The molecule has 94 valence electrons. The molecule has 1 rings (SSSR count). The number of pyridine rings is 1. The largest absolute Gasteiger partial charge is 0.384 e. The quantitative estimate of drug-likeness (QED) is 0.809. The maximum absolute atomic E-state index is 11.9. The molecule has 1 aromatic rings. The number of aromatic nitrogens is 1. The van der Waals surface area contributed by atoms with Crippen molar-refractivity contribution in [3.63, 3.8) is 0 Å². The number of rotatable bonds is 3. The van der Waals surface area contributed by atoms with Crippen LogP contribution in [0.3, 0.4) is 0 Å². The molecular formula is C12H19N3OS. The van der Waals surface area contributed by atoms with Gasteiger partial charge in [-0.15, -0.1) is 11.8 Å². The third-order valence-corrected chi connectivity index (χ3v) is 3.02. The minimum Gasteiger partial charge on any atom is -0.384 e. The van der Waals surface area contributed by atoms with Crippen LogP contribution in [0.25, 0.3) is 0 Å². The number of thioether (sulfide) groups is 1. The molecule has 1 aromatic heterocycles. The van der Waals surface area contributed by atoms with Gasteiger partial charge in [0, 0.05) is 16.6 Å². The van der Waals surface area contributed by atoms with Gasteiger partial charge >= 0.3 is 0 Å². The van der Waals surface area contributed by atoms with Crippen molar-refractivity contribution < 1.29 is 4.79 Å². The summed E-state index contributed by atoms with van der Waals surface area (Å²) in [5.41, 5.74) is 5.30. The summed E-state index contributed by atoms with van der Waals surface area (Å²) in [6.45, 7) is 7.77. The molecule has 0 radical (unpaired) electrons. The molecule has 5 heteroatoms. The Balaban J connectivity index is 2.57. The average Bonchev–Trinajstić information content (AvgIpc) is 2.19. The van der Waals surface area contributed by atoms with Gasteiger partial charge in [0.25, 0.3) is 0 Å². The molecule has 1 heterocycles. The molecule has 0 aliphatic heterocycles. The van der Waals surface area contributed by atoms with Gasteiger partial charge in [-0.2, -0.15) is 0 Å². The van der Waals surface area contributed by atoms with Gasteiger partial charge in [-0.1, -0.05) is 0 Å². The fourth-order valence-electron chi connectivity index (χ4n) is 1.19. The Labute approximate surface area is 106 Å². The van der Waals surface area contributed by atoms with Gasteiger partial charge in [0.1, 0.15) is 5.82 Å². The van der Waals surface area contributed by atoms with E-state index in [9.17, 15) is 4.79 Å². The predicted octanol–water partition coefficient (Wildman–Crippen LogP) is 2.06. The van der Waals surface area contributed by atoms with Gasteiger partial charge in [-0.25, -0.2) is 4.98 Å². The van der Waals surface area contributed by atoms with E-state index in [1.54, 1.807) is 12.3 Å². The standard InChI is InChI=1S/C12H19N3OS/c1-8(11(16)15-12(2,3)4)17-9-5-6-10(13)14-7-9/h5-8H,1-4H3,(H2,13,14)(H,15,16). The molecule has 0 fully saturated rings. The van der Waals surface area contributed by atoms with Crippen LogP contribution in [0.2, 0.25) is 0 Å². The van der Waals surface area contributed by atoms with Crippen molar-refractivity contribution in [3.05, 3.63) is 18.3 Å². The summed E-state index contributed by atoms with van der Waals surface area (Å²) in [6, 6.07) is 3.60. The first-order chi connectivity index (χ1) is 7.78. The Morgan fingerprint density at radius 1 is 1.47 bits per heavy atom. The summed E-state index contributed by atoms with van der Waals surface area (Å²) < 4.78 is 0. The molecule has 0 bridgehead atoms. The summed E-state index contributed by atoms with van der Waals surface area (Å²) in [7, 11) is 0. The van der Waals surface area contributed by atoms with Crippen molar-refractivity contribution in [1.82, 2.24) is 10.3 Å². The number of carbonyl (C=O) groups excluding carboxylic acids is 1. The first-order valence-corrected chi connectivity index (χ1v) is 6.36. The number of anilines is 1. The highest BCUT2D eigenvalue weighted by molar-refractivity contribution is 8.00. The molecule has 0 aliphatic rings. The Kier molecular flexibility index (Phi) is 4.40. The Bertz CT molecular complexity index is 384. The van der Waals surface area contributed by atoms with E-state index in [-0.39, 0.29) is 16.7 Å². The van der Waals surface area contributed by atoms with Crippen LogP contribution in [-0.4, -0.2) is 21.7 Å². The third kappa shape index (κ3) is 5.08. The van der Waals surface area contributed by atoms with E-state index in [1.807, 2.05) is 33.8 Å². The van der Waals surface area contributed by atoms with Crippen molar-refractivity contribution in [1.29, 1.82) is 0 Å². The molecule has 0 aliphatic carbocycles. The number of carbonyl (C=O) groups is 1. The molecule has 0 saturated heterocycles. The average molecular weight is 253 g/mol. The van der Waals surface area contributed by atoms with Crippen LogP contribution in [0.15, 0.2) is 23.2 Å². The molecule has 0 spiro atoms. The van der Waals surface area contributed by atoms with Crippen molar-refractivity contribution >= 4 is 23.5 Å². The van der Waals surface area contributed by atoms with E-state index in [1.165, 1.54) is 11.8 Å². The topological polar surface area (TPSA) is 68.0 Å². The maximum Gasteiger partial charge on any atom is 0.233 e. The Morgan fingerprint density at radius 3 is 2.59 bits per heavy atom. The number of nitrogens with two attached hydrogens (primary N) is 1. The van der Waals surface area contributed by atoms with Crippen LogP contribution in [0.1, 0.15) is 27.7 Å². The van der Waals surface area contributed by atoms with Crippen LogP contribution >= 0.6 is 11.8 Å². The summed E-state index contributed by atoms with van der Waals surface area (Å²) in [5.74, 6) is 0.514. The van der Waals surface area contributed by atoms with E-state index < -0.39 is 0 Å². The number of nitrogens with zero attached hydrogens (tertiary/aromatic N) is 1. The summed E-state index contributed by atoms with van der Waals surface area (Å²) in [5, 5.41) is 2.79. The molecule has 3 N–H and O–H groups in total. The first kappa shape index (κ1) is 13.8. The lowest BCUT2D eigenvalue weighted by atomic mass is 10.1. The van der Waals surface area contributed by atoms with Gasteiger partial charge in [-0.05, 0) is 39.8 Å². The summed E-state index contributed by atoms with van der Waals surface area (Å²) in [4.78, 5) is 16.8. The minimum absolute atomic E-state index is 0.0272. The molecule has 1 unspecified atom stereocenters. The van der Waals surface area contributed by atoms with Crippen molar-refractivity contribution in [2.75, 3.05) is 5.73 Å². The van der Waals surface area contributed by atoms with E-state index in [0.717, 1.165) is 4.90 Å². The van der Waals surface area contributed by atoms with Crippen molar-refractivity contribution in [2.45, 2.75) is 43.4 Å². The highest BCUT2D eigenvalue weighted by atomic mass is 32.2. The minimum atomic E-state index is -0.203. The Morgan fingerprint density at radius 2 is 2.12 bits per heavy atom. The predicted molar refractivity (Wildman–Crippen MR) is 71.9 cm³/mol. The zero-order valence-corrected chi connectivity index (χ0v) is 11.5. The third-order valence-electron chi connectivity index (χ3n) is 1.94. The van der Waals surface area contributed by atoms with E-state index in [4.69, 9.17) is 5.73 Å². The van der Waals surface area contributed by atoms with Gasteiger partial charge in [0.15, 0.2) is 0 Å². The van der Waals surface area contributed by atoms with Crippen LogP contribution in [0, 0.1) is 0 Å². The second-order valence-corrected chi connectivity index (χ2v) is 6.33. The second-order valence-electron chi connectivity index (χ2n) is 4.92. The number of nitrogen functional groups attached to an aromatic ring is 1. The van der Waals surface area contributed by atoms with Gasteiger partial charge < -0.3 is 11.1 Å². The molecule has 0 saturated carbocycles. The van der Waals surface area contributed by atoms with E-state index >= 15 is 0 Å². The number of hydrogen-bond acceptors (Lipinski definition) is 4. The monoisotopic (exact) mass is 253 g/mol. The highest BCUT2D eigenvalue weighted by Gasteiger charge is 2.19. The first-order valence-electron chi connectivity index (χ1n) is 5.48. The van der Waals surface area contributed by atoms with Crippen LogP contribution in [0.5, 0.6) is 0 Å². The lowest BCUT2D eigenvalue weighted by molar-refractivity contribution is -0.121. The van der Waals surface area contributed by atoms with Gasteiger partial charge in [0.2, 0.25) is 5.91 Å². The van der Waals surface area contributed by atoms with Crippen LogP contribution in [-0.2, 0) is 4.79 Å². The summed E-state index contributed by atoms with van der Waals surface area (Å²) in [6.07, 6.45) is 1.68. The molecule has 4 nitrogen and oxygen atoms in total. The zero-order chi connectivity index (χ0) is 13.1. The molecule has 1 amide bonds. The normalized spacial score (nSPS) is 13.2. The van der Waals surface area contributed by atoms with Gasteiger partial charge in [0.05, 0.1) is 5.25 Å². The molecular weight excluding hydrogens is 234 g/mol. The molecule has 1 atom stereocenters. The fourth-order valence-corrected chi connectivity index (χ4v) is 2.02. The lowest BCUT2D eigenvalue weighted by Crippen LogP contribution is -2.44.